The molecule has 0 bridgehead atoms. The SMILES string of the molecule is C[C@@H]1CCN(C(=O)c2ccc3c(=O)n(C)c(=O)n(C)c3n2)c2c(O)cccc21. The molecule has 0 radical (unpaired) electrons. The number of aromatic nitrogens is 3. The number of fused-ring (bicyclic) bond motifs is 2. The molecule has 1 N–H and O–H groups in total. The molecule has 1 atom stereocenters. The Morgan fingerprint density at radius 2 is 1.89 bits per heavy atom. The van der Waals surface area contributed by atoms with Crippen LogP contribution in [0.3, 0.4) is 0 Å². The first-order chi connectivity index (χ1) is 13.3. The van der Waals surface area contributed by atoms with Crippen LogP contribution in [0.25, 0.3) is 11.0 Å². The predicted molar refractivity (Wildman–Crippen MR) is 105 cm³/mol. The Morgan fingerprint density at radius 1 is 1.14 bits per heavy atom. The lowest BCUT2D eigenvalue weighted by Gasteiger charge is -2.33. The molecular formula is C20H20N4O4. The Morgan fingerprint density at radius 3 is 2.64 bits per heavy atom. The molecule has 0 saturated heterocycles. The normalized spacial score (nSPS) is 16.2. The van der Waals surface area contributed by atoms with E-state index in [-0.39, 0.29) is 34.3 Å². The van der Waals surface area contributed by atoms with Crippen molar-refractivity contribution in [1.29, 1.82) is 0 Å². The van der Waals surface area contributed by atoms with Crippen LogP contribution in [-0.4, -0.2) is 31.7 Å². The van der Waals surface area contributed by atoms with Crippen LogP contribution < -0.4 is 16.1 Å². The van der Waals surface area contributed by atoms with Crippen LogP contribution in [0.5, 0.6) is 5.75 Å². The summed E-state index contributed by atoms with van der Waals surface area (Å²) >= 11 is 0. The molecule has 1 aliphatic heterocycles. The van der Waals surface area contributed by atoms with Gasteiger partial charge in [0.2, 0.25) is 0 Å². The first-order valence-electron chi connectivity index (χ1n) is 9.01. The second-order valence-corrected chi connectivity index (χ2v) is 7.13. The van der Waals surface area contributed by atoms with E-state index in [4.69, 9.17) is 0 Å². The summed E-state index contributed by atoms with van der Waals surface area (Å²) in [6.45, 7) is 2.50. The third-order valence-corrected chi connectivity index (χ3v) is 5.40. The number of aryl methyl sites for hydroxylation is 1. The van der Waals surface area contributed by atoms with E-state index in [1.807, 2.05) is 6.07 Å². The van der Waals surface area contributed by atoms with Crippen LogP contribution in [0.1, 0.15) is 35.3 Å². The van der Waals surface area contributed by atoms with Gasteiger partial charge in [0, 0.05) is 20.6 Å². The zero-order valence-electron chi connectivity index (χ0n) is 15.8. The molecule has 3 aromatic rings. The molecule has 8 nitrogen and oxygen atoms in total. The summed E-state index contributed by atoms with van der Waals surface area (Å²) in [6.07, 6.45) is 0.759. The zero-order valence-corrected chi connectivity index (χ0v) is 15.8. The molecule has 0 fully saturated rings. The quantitative estimate of drug-likeness (QED) is 0.690. The topological polar surface area (TPSA) is 97.4 Å². The lowest BCUT2D eigenvalue weighted by Crippen LogP contribution is -2.39. The van der Waals surface area contributed by atoms with Crippen molar-refractivity contribution in [1.82, 2.24) is 14.1 Å². The Bertz CT molecular complexity index is 1240. The third kappa shape index (κ3) is 2.52. The molecule has 8 heteroatoms. The second-order valence-electron chi connectivity index (χ2n) is 7.13. The van der Waals surface area contributed by atoms with Crippen LogP contribution in [-0.2, 0) is 14.1 Å². The van der Waals surface area contributed by atoms with Gasteiger partial charge in [-0.25, -0.2) is 9.78 Å². The van der Waals surface area contributed by atoms with Crippen LogP contribution in [0, 0.1) is 0 Å². The van der Waals surface area contributed by atoms with Gasteiger partial charge < -0.3 is 10.0 Å². The fourth-order valence-electron chi connectivity index (χ4n) is 3.75. The molecule has 0 saturated carbocycles. The van der Waals surface area contributed by atoms with Crippen molar-refractivity contribution >= 4 is 22.6 Å². The molecule has 28 heavy (non-hydrogen) atoms. The van der Waals surface area contributed by atoms with E-state index < -0.39 is 11.2 Å². The molecular weight excluding hydrogens is 360 g/mol. The van der Waals surface area contributed by atoms with E-state index in [0.717, 1.165) is 16.6 Å². The van der Waals surface area contributed by atoms with E-state index in [1.54, 1.807) is 12.1 Å². The van der Waals surface area contributed by atoms with Crippen LogP contribution in [0.15, 0.2) is 39.9 Å². The Balaban J connectivity index is 1.86. The summed E-state index contributed by atoms with van der Waals surface area (Å²) in [5.41, 5.74) is 0.692. The summed E-state index contributed by atoms with van der Waals surface area (Å²) in [4.78, 5) is 43.5. The number of carbonyl (C=O) groups is 1. The highest BCUT2D eigenvalue weighted by Crippen LogP contribution is 2.41. The maximum absolute atomic E-state index is 13.2. The number of para-hydroxylation sites is 1. The number of amides is 1. The number of phenolic OH excluding ortho intramolecular Hbond substituents is 1. The minimum atomic E-state index is -0.510. The Labute approximate surface area is 160 Å². The molecule has 1 aliphatic rings. The standard InChI is InChI=1S/C20H20N4O4/c1-11-9-10-24(16-12(11)5-4-6-15(16)25)19(27)14-8-7-13-17(21-14)22(2)20(28)23(3)18(13)26/h4-8,11,25H,9-10H2,1-3H3/t11-/m1/s1. The second kappa shape index (κ2) is 6.33. The Hall–Kier alpha value is -3.42. The monoisotopic (exact) mass is 380 g/mol. The lowest BCUT2D eigenvalue weighted by atomic mass is 9.91. The van der Waals surface area contributed by atoms with E-state index in [2.05, 4.69) is 11.9 Å². The number of anilines is 1. The minimum absolute atomic E-state index is 0.0412. The van der Waals surface area contributed by atoms with Crippen molar-refractivity contribution in [3.63, 3.8) is 0 Å². The number of phenols is 1. The fraction of sp³-hybridized carbons (Fsp3) is 0.300. The van der Waals surface area contributed by atoms with Crippen LogP contribution >= 0.6 is 0 Å². The van der Waals surface area contributed by atoms with E-state index in [0.29, 0.717) is 12.2 Å². The van der Waals surface area contributed by atoms with Crippen molar-refractivity contribution in [2.45, 2.75) is 19.3 Å². The number of benzene rings is 1. The van der Waals surface area contributed by atoms with Crippen molar-refractivity contribution in [3.05, 3.63) is 62.4 Å². The average molecular weight is 380 g/mol. The van der Waals surface area contributed by atoms with E-state index >= 15 is 0 Å². The largest absolute Gasteiger partial charge is 0.506 e. The van der Waals surface area contributed by atoms with E-state index in [9.17, 15) is 19.5 Å². The number of hydrogen-bond acceptors (Lipinski definition) is 5. The molecule has 0 spiro atoms. The highest BCUT2D eigenvalue weighted by Gasteiger charge is 2.30. The average Bonchev–Trinajstić information content (AvgIpc) is 2.70. The third-order valence-electron chi connectivity index (χ3n) is 5.40. The molecule has 1 aromatic carbocycles. The first kappa shape index (κ1) is 18.0. The van der Waals surface area contributed by atoms with Gasteiger partial charge in [0.05, 0.1) is 11.1 Å². The van der Waals surface area contributed by atoms with Crippen molar-refractivity contribution in [2.24, 2.45) is 14.1 Å². The number of aromatic hydroxyl groups is 1. The summed E-state index contributed by atoms with van der Waals surface area (Å²) in [7, 11) is 2.91. The van der Waals surface area contributed by atoms with Crippen LogP contribution in [0.2, 0.25) is 0 Å². The maximum Gasteiger partial charge on any atom is 0.332 e. The number of nitrogens with zero attached hydrogens (tertiary/aromatic N) is 4. The van der Waals surface area contributed by atoms with Gasteiger partial charge in [-0.15, -0.1) is 0 Å². The number of rotatable bonds is 1. The van der Waals surface area contributed by atoms with Gasteiger partial charge in [-0.1, -0.05) is 19.1 Å². The lowest BCUT2D eigenvalue weighted by molar-refractivity contribution is 0.0979. The summed E-state index contributed by atoms with van der Waals surface area (Å²) in [5.74, 6) is -0.122. The highest BCUT2D eigenvalue weighted by atomic mass is 16.3. The molecule has 2 aromatic heterocycles. The molecule has 144 valence electrons. The zero-order chi connectivity index (χ0) is 20.2. The predicted octanol–water partition coefficient (Wildman–Crippen LogP) is 1.49. The molecule has 0 unspecified atom stereocenters. The summed E-state index contributed by atoms with van der Waals surface area (Å²) < 4.78 is 2.25. The van der Waals surface area contributed by atoms with Gasteiger partial charge >= 0.3 is 5.69 Å². The number of pyridine rings is 1. The molecule has 3 heterocycles. The van der Waals surface area contributed by atoms with E-state index in [1.165, 1.54) is 35.7 Å². The number of hydrogen-bond donors (Lipinski definition) is 1. The van der Waals surface area contributed by atoms with Gasteiger partial charge in [0.15, 0.2) is 0 Å². The summed E-state index contributed by atoms with van der Waals surface area (Å²) in [5, 5.41) is 10.6. The van der Waals surface area contributed by atoms with Gasteiger partial charge in [-0.05, 0) is 36.1 Å². The fourth-order valence-corrected chi connectivity index (χ4v) is 3.75. The van der Waals surface area contributed by atoms with Gasteiger partial charge in [0.25, 0.3) is 11.5 Å². The van der Waals surface area contributed by atoms with Crippen molar-refractivity contribution < 1.29 is 9.90 Å². The smallest absolute Gasteiger partial charge is 0.332 e. The maximum atomic E-state index is 13.2. The molecule has 4 rings (SSSR count). The van der Waals surface area contributed by atoms with Gasteiger partial charge in [-0.2, -0.15) is 0 Å². The molecule has 1 amide bonds. The first-order valence-corrected chi connectivity index (χ1v) is 9.01. The van der Waals surface area contributed by atoms with Crippen LogP contribution in [0.4, 0.5) is 5.69 Å². The highest BCUT2D eigenvalue weighted by molar-refractivity contribution is 6.07. The number of carbonyl (C=O) groups excluding carboxylic acids is 1. The van der Waals surface area contributed by atoms with Gasteiger partial charge in [0.1, 0.15) is 17.1 Å². The van der Waals surface area contributed by atoms with Crippen molar-refractivity contribution in [3.8, 4) is 5.75 Å². The van der Waals surface area contributed by atoms with Gasteiger partial charge in [-0.3, -0.25) is 18.7 Å². The minimum Gasteiger partial charge on any atom is -0.506 e. The molecule has 0 aliphatic carbocycles. The Kier molecular flexibility index (Phi) is 4.06. The summed E-state index contributed by atoms with van der Waals surface area (Å²) in [6, 6.07) is 8.21. The van der Waals surface area contributed by atoms with Crippen molar-refractivity contribution in [2.75, 3.05) is 11.4 Å².